The Morgan fingerprint density at radius 3 is 2.56 bits per heavy atom. The van der Waals surface area contributed by atoms with Gasteiger partial charge in [0, 0.05) is 25.5 Å². The van der Waals surface area contributed by atoms with E-state index in [0.29, 0.717) is 12.2 Å². The van der Waals surface area contributed by atoms with E-state index in [1.807, 2.05) is 30.3 Å². The number of nitrogens with zero attached hydrogens (tertiary/aromatic N) is 1. The Bertz CT molecular complexity index is 807. The molecular weight excluding hydrogens is 352 g/mol. The lowest BCUT2D eigenvalue weighted by Gasteiger charge is -2.13. The van der Waals surface area contributed by atoms with E-state index < -0.39 is 10.9 Å². The van der Waals surface area contributed by atoms with Gasteiger partial charge in [0.1, 0.15) is 12.4 Å². The van der Waals surface area contributed by atoms with E-state index >= 15 is 0 Å². The lowest BCUT2D eigenvalue weighted by Crippen LogP contribution is -2.14. The number of benzene rings is 2. The molecular formula is C19H20N2O6. The summed E-state index contributed by atoms with van der Waals surface area (Å²) in [5.74, 6) is -0.435. The van der Waals surface area contributed by atoms with Gasteiger partial charge in [-0.25, -0.2) is 0 Å². The number of non-ortho nitro benzene ring substituents is 1. The zero-order valence-corrected chi connectivity index (χ0v) is 14.8. The molecule has 0 radical (unpaired) electrons. The first-order chi connectivity index (χ1) is 13.0. The molecule has 8 heteroatoms. The minimum absolute atomic E-state index is 0.105. The Morgan fingerprint density at radius 2 is 1.89 bits per heavy atom. The number of nitro benzene ring substituents is 1. The molecule has 0 spiro atoms. The second-order valence-corrected chi connectivity index (χ2v) is 5.70. The van der Waals surface area contributed by atoms with Crippen LogP contribution in [0.1, 0.15) is 25.3 Å². The molecule has 1 N–H and O–H groups in total. The lowest BCUT2D eigenvalue weighted by atomic mass is 10.2. The number of anilines is 1. The minimum Gasteiger partial charge on any atom is -0.487 e. The molecule has 2 aromatic rings. The van der Waals surface area contributed by atoms with Crippen LogP contribution in [0.5, 0.6) is 5.75 Å². The van der Waals surface area contributed by atoms with Gasteiger partial charge < -0.3 is 14.8 Å². The van der Waals surface area contributed by atoms with Gasteiger partial charge in [0.2, 0.25) is 5.91 Å². The maximum atomic E-state index is 12.1. The standard InChI is InChI=1S/C19H20N2O6/c1-14(22)26-11-5-8-19(23)20-17-12-16(21(24)25)9-10-18(17)27-13-15-6-3-2-4-7-15/h2-4,6-7,9-10,12H,5,8,11,13H2,1H3,(H,20,23). The first-order valence-electron chi connectivity index (χ1n) is 8.34. The molecule has 142 valence electrons. The number of esters is 1. The van der Waals surface area contributed by atoms with Crippen molar-refractivity contribution in [3.05, 3.63) is 64.2 Å². The summed E-state index contributed by atoms with van der Waals surface area (Å²) in [5, 5.41) is 13.6. The number of nitro groups is 1. The fourth-order valence-electron chi connectivity index (χ4n) is 2.25. The smallest absolute Gasteiger partial charge is 0.302 e. The third-order valence-corrected chi connectivity index (χ3v) is 3.54. The molecule has 0 saturated carbocycles. The van der Waals surface area contributed by atoms with Gasteiger partial charge in [-0.05, 0) is 18.1 Å². The summed E-state index contributed by atoms with van der Waals surface area (Å²) in [7, 11) is 0. The number of carbonyl (C=O) groups excluding carboxylic acids is 2. The van der Waals surface area contributed by atoms with Crippen LogP contribution in [0.4, 0.5) is 11.4 Å². The van der Waals surface area contributed by atoms with Crippen molar-refractivity contribution in [2.45, 2.75) is 26.4 Å². The van der Waals surface area contributed by atoms with Crippen LogP contribution in [0.25, 0.3) is 0 Å². The number of nitrogens with one attached hydrogen (secondary N) is 1. The predicted octanol–water partition coefficient (Wildman–Crippen LogP) is 3.46. The average molecular weight is 372 g/mol. The van der Waals surface area contributed by atoms with Gasteiger partial charge in [-0.3, -0.25) is 19.7 Å². The Hall–Kier alpha value is -3.42. The zero-order valence-electron chi connectivity index (χ0n) is 14.8. The first-order valence-corrected chi connectivity index (χ1v) is 8.34. The SMILES string of the molecule is CC(=O)OCCCC(=O)Nc1cc([N+](=O)[O-])ccc1OCc1ccccc1. The summed E-state index contributed by atoms with van der Waals surface area (Å²) in [4.78, 5) is 33.3. The molecule has 1 amide bonds. The topological polar surface area (TPSA) is 108 Å². The van der Waals surface area contributed by atoms with Crippen LogP contribution in [-0.2, 0) is 20.9 Å². The molecule has 0 bridgehead atoms. The average Bonchev–Trinajstić information content (AvgIpc) is 2.64. The number of ether oxygens (including phenoxy) is 2. The summed E-state index contributed by atoms with van der Waals surface area (Å²) >= 11 is 0. The highest BCUT2D eigenvalue weighted by Crippen LogP contribution is 2.30. The molecule has 27 heavy (non-hydrogen) atoms. The molecule has 8 nitrogen and oxygen atoms in total. The van der Waals surface area contributed by atoms with Crippen LogP contribution in [0.15, 0.2) is 48.5 Å². The molecule has 0 atom stereocenters. The number of hydrogen-bond acceptors (Lipinski definition) is 6. The fourth-order valence-corrected chi connectivity index (χ4v) is 2.25. The lowest BCUT2D eigenvalue weighted by molar-refractivity contribution is -0.384. The Labute approximate surface area is 156 Å². The Balaban J connectivity index is 2.04. The van der Waals surface area contributed by atoms with Crippen LogP contribution in [0, 0.1) is 10.1 Å². The van der Waals surface area contributed by atoms with E-state index in [1.165, 1.54) is 25.1 Å². The van der Waals surface area contributed by atoms with Crippen LogP contribution in [-0.4, -0.2) is 23.4 Å². The molecule has 2 rings (SSSR count). The Kier molecular flexibility index (Phi) is 7.30. The van der Waals surface area contributed by atoms with E-state index in [9.17, 15) is 19.7 Å². The quantitative estimate of drug-likeness (QED) is 0.313. The van der Waals surface area contributed by atoms with Crippen molar-refractivity contribution in [2.24, 2.45) is 0 Å². The number of carbonyl (C=O) groups is 2. The maximum absolute atomic E-state index is 12.1. The predicted molar refractivity (Wildman–Crippen MR) is 98.4 cm³/mol. The molecule has 0 heterocycles. The van der Waals surface area contributed by atoms with Crippen molar-refractivity contribution >= 4 is 23.3 Å². The fraction of sp³-hybridized carbons (Fsp3) is 0.263. The van der Waals surface area contributed by atoms with E-state index in [0.717, 1.165) is 5.56 Å². The molecule has 0 aliphatic rings. The maximum Gasteiger partial charge on any atom is 0.302 e. The van der Waals surface area contributed by atoms with E-state index in [2.05, 4.69) is 5.32 Å². The molecule has 0 aromatic heterocycles. The van der Waals surface area contributed by atoms with Crippen LogP contribution in [0.2, 0.25) is 0 Å². The monoisotopic (exact) mass is 372 g/mol. The third kappa shape index (κ3) is 6.77. The summed E-state index contributed by atoms with van der Waals surface area (Å²) in [6.45, 7) is 1.68. The molecule has 0 fully saturated rings. The van der Waals surface area contributed by atoms with Crippen molar-refractivity contribution in [1.29, 1.82) is 0 Å². The highest BCUT2D eigenvalue weighted by Gasteiger charge is 2.14. The van der Waals surface area contributed by atoms with Crippen molar-refractivity contribution in [1.82, 2.24) is 0 Å². The van der Waals surface area contributed by atoms with Crippen molar-refractivity contribution in [2.75, 3.05) is 11.9 Å². The van der Waals surface area contributed by atoms with Crippen molar-refractivity contribution in [3.63, 3.8) is 0 Å². The van der Waals surface area contributed by atoms with E-state index in [-0.39, 0.29) is 36.9 Å². The van der Waals surface area contributed by atoms with E-state index in [1.54, 1.807) is 0 Å². The van der Waals surface area contributed by atoms with Crippen LogP contribution >= 0.6 is 0 Å². The zero-order chi connectivity index (χ0) is 19.6. The second-order valence-electron chi connectivity index (χ2n) is 5.70. The molecule has 0 unspecified atom stereocenters. The van der Waals surface area contributed by atoms with Gasteiger partial charge in [-0.2, -0.15) is 0 Å². The van der Waals surface area contributed by atoms with Crippen molar-refractivity contribution < 1.29 is 24.0 Å². The normalized spacial score (nSPS) is 10.1. The molecule has 0 aliphatic heterocycles. The van der Waals surface area contributed by atoms with Gasteiger partial charge in [-0.15, -0.1) is 0 Å². The van der Waals surface area contributed by atoms with Gasteiger partial charge in [0.15, 0.2) is 0 Å². The molecule has 0 saturated heterocycles. The summed E-state index contributed by atoms with van der Waals surface area (Å²) < 4.78 is 10.5. The molecule has 0 aliphatic carbocycles. The third-order valence-electron chi connectivity index (χ3n) is 3.54. The summed E-state index contributed by atoms with van der Waals surface area (Å²) in [6.07, 6.45) is 0.453. The van der Waals surface area contributed by atoms with Gasteiger partial charge in [-0.1, -0.05) is 30.3 Å². The minimum atomic E-state index is -0.544. The Morgan fingerprint density at radius 1 is 1.15 bits per heavy atom. The number of amides is 1. The first kappa shape index (κ1) is 19.9. The van der Waals surface area contributed by atoms with Gasteiger partial charge in [0.05, 0.1) is 17.2 Å². The second kappa shape index (κ2) is 9.91. The largest absolute Gasteiger partial charge is 0.487 e. The highest BCUT2D eigenvalue weighted by atomic mass is 16.6. The number of hydrogen-bond donors (Lipinski definition) is 1. The van der Waals surface area contributed by atoms with Crippen LogP contribution < -0.4 is 10.1 Å². The van der Waals surface area contributed by atoms with Gasteiger partial charge in [0.25, 0.3) is 5.69 Å². The van der Waals surface area contributed by atoms with E-state index in [4.69, 9.17) is 9.47 Å². The molecule has 2 aromatic carbocycles. The summed E-state index contributed by atoms with van der Waals surface area (Å²) in [5.41, 5.74) is 0.990. The highest BCUT2D eigenvalue weighted by molar-refractivity contribution is 5.92. The number of rotatable bonds is 9. The van der Waals surface area contributed by atoms with Crippen molar-refractivity contribution in [3.8, 4) is 5.75 Å². The van der Waals surface area contributed by atoms with Crippen LogP contribution in [0.3, 0.4) is 0 Å². The summed E-state index contributed by atoms with van der Waals surface area (Å²) in [6, 6.07) is 13.4. The van der Waals surface area contributed by atoms with Gasteiger partial charge >= 0.3 is 5.97 Å².